The molecule has 0 rings (SSSR count). The smallest absolute Gasteiger partial charge is 0.281 e. The topological polar surface area (TPSA) is 60.4 Å². The molecule has 0 saturated carbocycles. The summed E-state index contributed by atoms with van der Waals surface area (Å²) in [6, 6.07) is 0. The van der Waals surface area contributed by atoms with E-state index in [0.29, 0.717) is 0 Å². The molecule has 0 aromatic rings. The van der Waals surface area contributed by atoms with Gasteiger partial charge in [-0.3, -0.25) is 8.75 Å². The third-order valence-electron chi connectivity index (χ3n) is 0.635. The highest BCUT2D eigenvalue weighted by Gasteiger charge is 2.47. The van der Waals surface area contributed by atoms with Gasteiger partial charge in [-0.15, -0.1) is 0 Å². The van der Waals surface area contributed by atoms with Gasteiger partial charge in [-0.05, 0) is 6.30 Å². The standard InChI is InChI=1S/C3H4F3O4PS/c1-11(7)2-10-12(8,9)3(4,5)6/h1-2H2. The lowest BCUT2D eigenvalue weighted by molar-refractivity contribution is -0.0530. The van der Waals surface area contributed by atoms with Crippen molar-refractivity contribution >= 4 is 23.8 Å². The van der Waals surface area contributed by atoms with Crippen molar-refractivity contribution in [2.75, 3.05) is 6.35 Å². The van der Waals surface area contributed by atoms with Gasteiger partial charge in [0.2, 0.25) is 0 Å². The molecule has 0 aliphatic carbocycles. The number of halogens is 3. The summed E-state index contributed by atoms with van der Waals surface area (Å²) in [5, 5.41) is 0. The van der Waals surface area contributed by atoms with Crippen molar-refractivity contribution in [3.8, 4) is 0 Å². The van der Waals surface area contributed by atoms with E-state index in [4.69, 9.17) is 0 Å². The van der Waals surface area contributed by atoms with E-state index in [0.717, 1.165) is 0 Å². The molecule has 0 fully saturated rings. The minimum absolute atomic E-state index is 1.06. The van der Waals surface area contributed by atoms with Gasteiger partial charge in [-0.2, -0.15) is 21.6 Å². The molecule has 0 aromatic heterocycles. The summed E-state index contributed by atoms with van der Waals surface area (Å²) < 4.78 is 67.9. The molecule has 0 bridgehead atoms. The molecule has 0 radical (unpaired) electrons. The lowest BCUT2D eigenvalue weighted by Crippen LogP contribution is -2.25. The minimum Gasteiger partial charge on any atom is -0.281 e. The Morgan fingerprint density at radius 3 is 2.08 bits per heavy atom. The van der Waals surface area contributed by atoms with Gasteiger partial charge in [0.25, 0.3) is 0 Å². The van der Waals surface area contributed by atoms with E-state index in [1.807, 2.05) is 0 Å². The molecule has 9 heteroatoms. The molecule has 0 saturated heterocycles. The first kappa shape index (κ1) is 11.7. The van der Waals surface area contributed by atoms with Crippen molar-refractivity contribution in [1.82, 2.24) is 0 Å². The maximum atomic E-state index is 11.5. The molecule has 0 aliphatic heterocycles. The highest BCUT2D eigenvalue weighted by Crippen LogP contribution is 2.25. The van der Waals surface area contributed by atoms with Gasteiger partial charge in [-0.1, -0.05) is 0 Å². The summed E-state index contributed by atoms with van der Waals surface area (Å²) in [5.74, 6) is 0. The van der Waals surface area contributed by atoms with Gasteiger partial charge in [-0.25, -0.2) is 0 Å². The van der Waals surface area contributed by atoms with E-state index in [2.05, 4.69) is 10.5 Å². The van der Waals surface area contributed by atoms with Crippen molar-refractivity contribution in [3.05, 3.63) is 0 Å². The Bertz CT molecular complexity index is 305. The third-order valence-corrected chi connectivity index (χ3v) is 2.22. The van der Waals surface area contributed by atoms with E-state index >= 15 is 0 Å². The summed E-state index contributed by atoms with van der Waals surface area (Å²) >= 11 is 0. The molecule has 72 valence electrons. The van der Waals surface area contributed by atoms with Crippen LogP contribution in [0.15, 0.2) is 0 Å². The fourth-order valence-corrected chi connectivity index (χ4v) is 1.35. The quantitative estimate of drug-likeness (QED) is 0.408. The van der Waals surface area contributed by atoms with Gasteiger partial charge in [0.05, 0.1) is 0 Å². The average molecular weight is 224 g/mol. The second kappa shape index (κ2) is 3.59. The van der Waals surface area contributed by atoms with Gasteiger partial charge in [0.1, 0.15) is 13.8 Å². The van der Waals surface area contributed by atoms with Crippen LogP contribution in [0.1, 0.15) is 0 Å². The molecule has 0 aliphatic rings. The zero-order chi connectivity index (χ0) is 9.99. The molecule has 1 unspecified atom stereocenters. The number of rotatable bonds is 3. The SMILES string of the molecule is C=P(=O)COS(=O)(=O)C(F)(F)F. The first-order chi connectivity index (χ1) is 5.17. The Hall–Kier alpha value is -0.330. The second-order valence-electron chi connectivity index (χ2n) is 1.63. The zero-order valence-electron chi connectivity index (χ0n) is 5.54. The Kier molecular flexibility index (Phi) is 3.49. The third kappa shape index (κ3) is 3.38. The second-order valence-corrected chi connectivity index (χ2v) is 4.46. The highest BCUT2D eigenvalue weighted by atomic mass is 32.2. The first-order valence-corrected chi connectivity index (χ1v) is 5.41. The van der Waals surface area contributed by atoms with Crippen molar-refractivity contribution in [1.29, 1.82) is 0 Å². The molecule has 1 atom stereocenters. The van der Waals surface area contributed by atoms with Crippen LogP contribution in [-0.4, -0.2) is 26.6 Å². The van der Waals surface area contributed by atoms with Crippen molar-refractivity contribution in [3.63, 3.8) is 0 Å². The monoisotopic (exact) mass is 224 g/mol. The van der Waals surface area contributed by atoms with E-state index in [1.54, 1.807) is 0 Å². The van der Waals surface area contributed by atoms with E-state index in [-0.39, 0.29) is 0 Å². The van der Waals surface area contributed by atoms with Crippen molar-refractivity contribution in [2.24, 2.45) is 0 Å². The summed E-state index contributed by atoms with van der Waals surface area (Å²) in [6.07, 6.45) is 1.72. The van der Waals surface area contributed by atoms with Crippen LogP contribution >= 0.6 is 7.42 Å². The molecule has 0 spiro atoms. The van der Waals surface area contributed by atoms with Crippen LogP contribution in [0.5, 0.6) is 0 Å². The maximum Gasteiger partial charge on any atom is 0.523 e. The van der Waals surface area contributed by atoms with Crippen molar-refractivity contribution in [2.45, 2.75) is 5.51 Å². The molecular weight excluding hydrogens is 220 g/mol. The van der Waals surface area contributed by atoms with Gasteiger partial charge >= 0.3 is 15.6 Å². The van der Waals surface area contributed by atoms with Gasteiger partial charge in [0, 0.05) is 0 Å². The van der Waals surface area contributed by atoms with Crippen LogP contribution in [0.2, 0.25) is 0 Å². The zero-order valence-corrected chi connectivity index (χ0v) is 7.25. The van der Waals surface area contributed by atoms with E-state index < -0.39 is 29.4 Å². The number of hydrogen-bond acceptors (Lipinski definition) is 4. The first-order valence-electron chi connectivity index (χ1n) is 2.37. The van der Waals surface area contributed by atoms with Crippen LogP contribution < -0.4 is 0 Å². The predicted octanol–water partition coefficient (Wildman–Crippen LogP) is 1.07. The Morgan fingerprint density at radius 2 is 1.83 bits per heavy atom. The van der Waals surface area contributed by atoms with Crippen LogP contribution in [-0.2, 0) is 18.9 Å². The fourth-order valence-electron chi connectivity index (χ4n) is 0.195. The highest BCUT2D eigenvalue weighted by molar-refractivity contribution is 7.87. The molecule has 4 nitrogen and oxygen atoms in total. The summed E-state index contributed by atoms with van der Waals surface area (Å²) in [6.45, 7) is 0. The Labute approximate surface area is 66.9 Å². The molecule has 0 heterocycles. The minimum atomic E-state index is -5.62. The summed E-state index contributed by atoms with van der Waals surface area (Å²) in [5.41, 5.74) is -5.47. The van der Waals surface area contributed by atoms with Crippen LogP contribution in [0.25, 0.3) is 0 Å². The molecule has 0 aromatic carbocycles. The fraction of sp³-hybridized carbons (Fsp3) is 0.667. The number of alkyl halides is 3. The van der Waals surface area contributed by atoms with Crippen LogP contribution in [0.3, 0.4) is 0 Å². The summed E-state index contributed by atoms with van der Waals surface area (Å²) in [7, 11) is -7.93. The van der Waals surface area contributed by atoms with Gasteiger partial charge < -0.3 is 0 Å². The van der Waals surface area contributed by atoms with Crippen LogP contribution in [0, 0.1) is 0 Å². The Balaban J connectivity index is 4.47. The summed E-state index contributed by atoms with van der Waals surface area (Å²) in [4.78, 5) is 0. The van der Waals surface area contributed by atoms with E-state index in [9.17, 15) is 26.2 Å². The van der Waals surface area contributed by atoms with Crippen LogP contribution in [0.4, 0.5) is 13.2 Å². The molecule has 12 heavy (non-hydrogen) atoms. The molecular formula is C3H4F3O4PS. The van der Waals surface area contributed by atoms with Crippen molar-refractivity contribution < 1.29 is 30.3 Å². The maximum absolute atomic E-state index is 11.5. The molecule has 0 N–H and O–H groups in total. The predicted molar refractivity (Wildman–Crippen MR) is 35.7 cm³/mol. The average Bonchev–Trinajstić information content (AvgIpc) is 1.81. The van der Waals surface area contributed by atoms with E-state index in [1.165, 1.54) is 0 Å². The lowest BCUT2D eigenvalue weighted by atomic mass is 11.6. The largest absolute Gasteiger partial charge is 0.523 e. The lowest BCUT2D eigenvalue weighted by Gasteiger charge is -2.05. The Morgan fingerprint density at radius 1 is 1.42 bits per heavy atom. The normalized spacial score (nSPS) is 14.4. The van der Waals surface area contributed by atoms with Gasteiger partial charge in [0.15, 0.2) is 0 Å². The number of hydrogen-bond donors (Lipinski definition) is 0. The molecule has 0 amide bonds.